The number of piperidine rings is 1. The maximum absolute atomic E-state index is 12.6. The van der Waals surface area contributed by atoms with Crippen molar-refractivity contribution in [2.45, 2.75) is 39.7 Å². The van der Waals surface area contributed by atoms with Gasteiger partial charge in [0, 0.05) is 42.4 Å². The van der Waals surface area contributed by atoms with Gasteiger partial charge in [-0.3, -0.25) is 4.79 Å². The molecule has 3 aromatic rings. The molecule has 4 rings (SSSR count). The number of anilines is 1. The molecule has 1 amide bonds. The van der Waals surface area contributed by atoms with Gasteiger partial charge in [-0.2, -0.15) is 10.4 Å². The van der Waals surface area contributed by atoms with Crippen LogP contribution in [0.1, 0.15) is 39.2 Å². The SMILES string of the molecule is CCOc1cc(-c2ccc(N3CCC(C)(C(=O)NCC(C)O)CC3)nc2)c2c(C#N)cnn2c1. The zero-order valence-electron chi connectivity index (χ0n) is 19.8. The van der Waals surface area contributed by atoms with Crippen molar-refractivity contribution < 1.29 is 14.6 Å². The van der Waals surface area contributed by atoms with Crippen molar-refractivity contribution in [3.63, 3.8) is 0 Å². The number of carbonyl (C=O) groups is 1. The number of hydrogen-bond acceptors (Lipinski definition) is 7. The molecule has 0 aliphatic carbocycles. The summed E-state index contributed by atoms with van der Waals surface area (Å²) in [6.07, 6.45) is 5.99. The Morgan fingerprint density at radius 3 is 2.74 bits per heavy atom. The Balaban J connectivity index is 1.53. The third-order valence-corrected chi connectivity index (χ3v) is 6.37. The van der Waals surface area contributed by atoms with Crippen molar-refractivity contribution >= 4 is 17.2 Å². The summed E-state index contributed by atoms with van der Waals surface area (Å²) in [5, 5.41) is 26.1. The second-order valence-corrected chi connectivity index (χ2v) is 9.00. The van der Waals surface area contributed by atoms with Crippen molar-refractivity contribution in [1.82, 2.24) is 19.9 Å². The number of aliphatic hydroxyl groups excluding tert-OH is 1. The summed E-state index contributed by atoms with van der Waals surface area (Å²) in [6, 6.07) is 8.08. The summed E-state index contributed by atoms with van der Waals surface area (Å²) >= 11 is 0. The van der Waals surface area contributed by atoms with Crippen LogP contribution in [0.25, 0.3) is 16.6 Å². The molecule has 0 bridgehead atoms. The standard InChI is InChI=1S/C25H30N6O3/c1-4-34-20-11-21(23-19(12-26)15-29-31(23)16-20)18-5-6-22(27-14-18)30-9-7-25(3,8-10-30)24(33)28-13-17(2)32/h5-6,11,14-17,32H,4,7-10,13H2,1-3H3,(H,28,33). The Kier molecular flexibility index (Phi) is 6.70. The van der Waals surface area contributed by atoms with Crippen LogP contribution < -0.4 is 15.0 Å². The summed E-state index contributed by atoms with van der Waals surface area (Å²) in [6.45, 7) is 7.79. The number of nitrogens with zero attached hydrogens (tertiary/aromatic N) is 5. The highest BCUT2D eigenvalue weighted by atomic mass is 16.5. The van der Waals surface area contributed by atoms with E-state index in [2.05, 4.69) is 21.4 Å². The fourth-order valence-corrected chi connectivity index (χ4v) is 4.29. The molecule has 1 saturated heterocycles. The molecule has 1 unspecified atom stereocenters. The highest BCUT2D eigenvalue weighted by Gasteiger charge is 2.37. The quantitative estimate of drug-likeness (QED) is 0.555. The number of rotatable bonds is 7. The molecule has 0 saturated carbocycles. The van der Waals surface area contributed by atoms with E-state index >= 15 is 0 Å². The monoisotopic (exact) mass is 462 g/mol. The molecular formula is C25H30N6O3. The molecule has 0 radical (unpaired) electrons. The number of ether oxygens (including phenoxy) is 1. The third kappa shape index (κ3) is 4.68. The minimum atomic E-state index is -0.558. The predicted molar refractivity (Wildman–Crippen MR) is 129 cm³/mol. The van der Waals surface area contributed by atoms with Crippen molar-refractivity contribution in [3.05, 3.63) is 42.4 Å². The van der Waals surface area contributed by atoms with Gasteiger partial charge in [-0.1, -0.05) is 6.92 Å². The molecule has 1 aliphatic rings. The minimum Gasteiger partial charge on any atom is -0.492 e. The minimum absolute atomic E-state index is 0.0105. The first-order chi connectivity index (χ1) is 16.3. The molecular weight excluding hydrogens is 432 g/mol. The van der Waals surface area contributed by atoms with Crippen LogP contribution in [0.4, 0.5) is 5.82 Å². The normalized spacial score (nSPS) is 16.1. The van der Waals surface area contributed by atoms with Crippen LogP contribution in [-0.2, 0) is 4.79 Å². The highest BCUT2D eigenvalue weighted by molar-refractivity contribution is 5.85. The summed E-state index contributed by atoms with van der Waals surface area (Å²) < 4.78 is 7.36. The van der Waals surface area contributed by atoms with E-state index in [1.54, 1.807) is 30.0 Å². The lowest BCUT2D eigenvalue weighted by atomic mass is 9.79. The first-order valence-corrected chi connectivity index (χ1v) is 11.6. The average molecular weight is 463 g/mol. The summed E-state index contributed by atoms with van der Waals surface area (Å²) in [4.78, 5) is 19.5. The number of nitrogens with one attached hydrogen (secondary N) is 1. The van der Waals surface area contributed by atoms with Crippen LogP contribution in [0.3, 0.4) is 0 Å². The Hall–Kier alpha value is -3.64. The first-order valence-electron chi connectivity index (χ1n) is 11.6. The van der Waals surface area contributed by atoms with Crippen LogP contribution >= 0.6 is 0 Å². The first kappa shape index (κ1) is 23.5. The van der Waals surface area contributed by atoms with Gasteiger partial charge in [0.15, 0.2) is 0 Å². The average Bonchev–Trinajstić information content (AvgIpc) is 3.26. The van der Waals surface area contributed by atoms with E-state index in [1.165, 1.54) is 0 Å². The van der Waals surface area contributed by atoms with E-state index in [0.717, 1.165) is 35.6 Å². The second-order valence-electron chi connectivity index (χ2n) is 9.00. The van der Waals surface area contributed by atoms with E-state index in [-0.39, 0.29) is 12.5 Å². The maximum Gasteiger partial charge on any atom is 0.226 e. The molecule has 9 nitrogen and oxygen atoms in total. The van der Waals surface area contributed by atoms with Crippen molar-refractivity contribution in [3.8, 4) is 22.9 Å². The molecule has 9 heteroatoms. The Morgan fingerprint density at radius 2 is 2.12 bits per heavy atom. The van der Waals surface area contributed by atoms with E-state index in [9.17, 15) is 15.2 Å². The fraction of sp³-hybridized carbons (Fsp3) is 0.440. The molecule has 4 heterocycles. The number of hydrogen-bond donors (Lipinski definition) is 2. The number of fused-ring (bicyclic) bond motifs is 1. The molecule has 2 N–H and O–H groups in total. The lowest BCUT2D eigenvalue weighted by molar-refractivity contribution is -0.131. The number of aliphatic hydroxyl groups is 1. The molecule has 1 atom stereocenters. The van der Waals surface area contributed by atoms with Crippen LogP contribution in [0.5, 0.6) is 5.75 Å². The summed E-state index contributed by atoms with van der Waals surface area (Å²) in [5.41, 5.74) is 2.46. The Labute approximate surface area is 199 Å². The van der Waals surface area contributed by atoms with Gasteiger partial charge in [0.25, 0.3) is 0 Å². The molecule has 0 aromatic carbocycles. The zero-order chi connectivity index (χ0) is 24.3. The number of amides is 1. The van der Waals surface area contributed by atoms with Crippen molar-refractivity contribution in [1.29, 1.82) is 5.26 Å². The van der Waals surface area contributed by atoms with Crippen molar-refractivity contribution in [2.75, 3.05) is 31.1 Å². The molecule has 34 heavy (non-hydrogen) atoms. The van der Waals surface area contributed by atoms with E-state index in [1.807, 2.05) is 32.0 Å². The lowest BCUT2D eigenvalue weighted by Gasteiger charge is -2.38. The molecule has 3 aromatic heterocycles. The van der Waals surface area contributed by atoms with Crippen molar-refractivity contribution in [2.24, 2.45) is 5.41 Å². The smallest absolute Gasteiger partial charge is 0.226 e. The van der Waals surface area contributed by atoms with E-state index in [0.29, 0.717) is 30.8 Å². The zero-order valence-corrected chi connectivity index (χ0v) is 19.8. The second kappa shape index (κ2) is 9.69. The number of carbonyl (C=O) groups excluding carboxylic acids is 1. The predicted octanol–water partition coefficient (Wildman–Crippen LogP) is 2.77. The van der Waals surface area contributed by atoms with Gasteiger partial charge in [-0.25, -0.2) is 9.50 Å². The largest absolute Gasteiger partial charge is 0.492 e. The maximum atomic E-state index is 12.6. The number of pyridine rings is 2. The van der Waals surface area contributed by atoms with Gasteiger partial charge in [-0.05, 0) is 44.9 Å². The summed E-state index contributed by atoms with van der Waals surface area (Å²) in [5.74, 6) is 1.51. The van der Waals surface area contributed by atoms with Crippen LogP contribution in [0, 0.1) is 16.7 Å². The number of nitriles is 1. The van der Waals surface area contributed by atoms with Gasteiger partial charge in [0.1, 0.15) is 17.6 Å². The van der Waals surface area contributed by atoms with E-state index < -0.39 is 11.5 Å². The van der Waals surface area contributed by atoms with Crippen LogP contribution in [0.2, 0.25) is 0 Å². The van der Waals surface area contributed by atoms with Crippen LogP contribution in [-0.4, -0.2) is 58.0 Å². The Morgan fingerprint density at radius 1 is 1.35 bits per heavy atom. The summed E-state index contributed by atoms with van der Waals surface area (Å²) in [7, 11) is 0. The highest BCUT2D eigenvalue weighted by Crippen LogP contribution is 2.34. The lowest BCUT2D eigenvalue weighted by Crippen LogP contribution is -2.48. The van der Waals surface area contributed by atoms with Gasteiger partial charge in [-0.15, -0.1) is 0 Å². The van der Waals surface area contributed by atoms with Crippen LogP contribution in [0.15, 0.2) is 36.8 Å². The fourth-order valence-electron chi connectivity index (χ4n) is 4.29. The number of aromatic nitrogens is 3. The molecule has 0 spiro atoms. The van der Waals surface area contributed by atoms with Gasteiger partial charge in [0.05, 0.1) is 36.2 Å². The topological polar surface area (TPSA) is 116 Å². The van der Waals surface area contributed by atoms with E-state index in [4.69, 9.17) is 9.72 Å². The van der Waals surface area contributed by atoms with Gasteiger partial charge < -0.3 is 20.1 Å². The molecule has 1 fully saturated rings. The van der Waals surface area contributed by atoms with Gasteiger partial charge in [0.2, 0.25) is 5.91 Å². The van der Waals surface area contributed by atoms with Gasteiger partial charge >= 0.3 is 0 Å². The molecule has 178 valence electrons. The Bertz CT molecular complexity index is 1200. The molecule has 1 aliphatic heterocycles. The third-order valence-electron chi connectivity index (χ3n) is 6.37.